The summed E-state index contributed by atoms with van der Waals surface area (Å²) < 4.78 is 100. The Balaban J connectivity index is 1.29. The van der Waals surface area contributed by atoms with Crippen LogP contribution in [-0.2, 0) is 35.1 Å². The molecule has 2 aliphatic heterocycles. The summed E-state index contributed by atoms with van der Waals surface area (Å²) in [4.78, 5) is 65.8. The first kappa shape index (κ1) is 40.9. The van der Waals surface area contributed by atoms with Gasteiger partial charge in [-0.25, -0.2) is 32.0 Å². The van der Waals surface area contributed by atoms with E-state index in [9.17, 15) is 36.4 Å². The van der Waals surface area contributed by atoms with Crippen LogP contribution >= 0.6 is 0 Å². The van der Waals surface area contributed by atoms with Crippen LogP contribution < -0.4 is 20.1 Å². The van der Waals surface area contributed by atoms with Gasteiger partial charge in [-0.1, -0.05) is 46.2 Å². The van der Waals surface area contributed by atoms with Crippen molar-refractivity contribution in [1.29, 1.82) is 0 Å². The highest BCUT2D eigenvalue weighted by molar-refractivity contribution is 7.91. The van der Waals surface area contributed by atoms with E-state index in [0.717, 1.165) is 4.90 Å². The van der Waals surface area contributed by atoms with Crippen LogP contribution in [0, 0.1) is 23.2 Å². The second-order valence-electron chi connectivity index (χ2n) is 17.1. The summed E-state index contributed by atoms with van der Waals surface area (Å²) in [5.41, 5.74) is -3.59. The van der Waals surface area contributed by atoms with Gasteiger partial charge < -0.3 is 25.0 Å². The number of hydrogen-bond acceptors (Lipinski definition) is 10. The SMILES string of the molecule is CC[C@@H]1[C@@H]2CN(C(=O)[C@H](C(C)(C)C)NC(=O)O[C@@H]3C[C@H]3CCCCC(F)(F)c3nc4ccccc4nc3O2)[C@@H]1C(=O)N[C@]1(C(=O)NS(=O)(=O)C2CC2)CC1C(F)F. The monoisotopic (exact) mass is 824 g/mol. The van der Waals surface area contributed by atoms with E-state index >= 15 is 8.78 Å². The van der Waals surface area contributed by atoms with Crippen molar-refractivity contribution >= 4 is 44.9 Å². The second kappa shape index (κ2) is 14.8. The minimum Gasteiger partial charge on any atom is -0.471 e. The number of rotatable bonds is 7. The fraction of sp³-hybridized carbons (Fsp3) is 0.684. The fourth-order valence-electron chi connectivity index (χ4n) is 8.17. The molecule has 3 aliphatic carbocycles. The summed E-state index contributed by atoms with van der Waals surface area (Å²) >= 11 is 0. The highest BCUT2D eigenvalue weighted by Gasteiger charge is 2.67. The highest BCUT2D eigenvalue weighted by Crippen LogP contribution is 2.49. The lowest BCUT2D eigenvalue weighted by Crippen LogP contribution is -2.61. The number of para-hydroxylation sites is 2. The number of benzene rings is 1. The average Bonchev–Trinajstić information content (AvgIpc) is 4.04. The molecule has 0 radical (unpaired) electrons. The topological polar surface area (TPSA) is 186 Å². The molecule has 3 saturated carbocycles. The summed E-state index contributed by atoms with van der Waals surface area (Å²) in [5.74, 6) is -10.00. The summed E-state index contributed by atoms with van der Waals surface area (Å²) in [6.07, 6.45) is -4.61. The quantitative estimate of drug-likeness (QED) is 0.335. The molecule has 57 heavy (non-hydrogen) atoms. The molecule has 7 rings (SSSR count). The third-order valence-corrected chi connectivity index (χ3v) is 13.7. The molecule has 3 heterocycles. The molecular weight excluding hydrogens is 777 g/mol. The number of aromatic nitrogens is 2. The number of alkyl halides is 4. The number of sulfonamides is 1. The van der Waals surface area contributed by atoms with Crippen LogP contribution in [0.1, 0.15) is 91.2 Å². The number of hydrogen-bond donors (Lipinski definition) is 3. The minimum absolute atomic E-state index is 0.0487. The van der Waals surface area contributed by atoms with E-state index in [2.05, 4.69) is 20.6 Å². The van der Waals surface area contributed by atoms with Crippen LogP contribution in [0.2, 0.25) is 0 Å². The van der Waals surface area contributed by atoms with Gasteiger partial charge in [0.15, 0.2) is 5.69 Å². The molecule has 2 aromatic rings. The zero-order valence-corrected chi connectivity index (χ0v) is 32.9. The van der Waals surface area contributed by atoms with Gasteiger partial charge in [0, 0.05) is 12.3 Å². The zero-order chi connectivity index (χ0) is 41.2. The first-order chi connectivity index (χ1) is 26.8. The smallest absolute Gasteiger partial charge is 0.408 e. The molecule has 312 valence electrons. The first-order valence-corrected chi connectivity index (χ1v) is 21.1. The standard InChI is InChI=1S/C38H48F4N6O8S/c1-5-21-26-18-48(27(21)31(49)46-37(17-22(37)30(39)40)34(51)47-57(53,54)20-13-14-20)33(50)29(36(2,3)4)45-35(52)56-25-16-19(25)10-8-9-15-38(41,42)28-32(55-26)44-24-12-7-6-11-23(24)43-28/h6-7,11-12,19-22,25-27,29-30H,5,8-10,13-18H2,1-4H3,(H,45,52)(H,46,49)(H,47,51)/t19-,21-,22?,25-,26+,27+,29-,37-/m1/s1. The van der Waals surface area contributed by atoms with Crippen LogP contribution in [0.5, 0.6) is 5.88 Å². The fourth-order valence-corrected chi connectivity index (χ4v) is 9.54. The Labute approximate surface area is 327 Å². The van der Waals surface area contributed by atoms with E-state index in [0.29, 0.717) is 19.3 Å². The van der Waals surface area contributed by atoms with Crippen molar-refractivity contribution < 1.29 is 54.6 Å². The van der Waals surface area contributed by atoms with Crippen molar-refractivity contribution in [3.63, 3.8) is 0 Å². The minimum atomic E-state index is -4.20. The molecule has 1 aromatic carbocycles. The van der Waals surface area contributed by atoms with Crippen molar-refractivity contribution in [2.75, 3.05) is 6.54 Å². The third-order valence-electron chi connectivity index (χ3n) is 11.8. The maximum Gasteiger partial charge on any atom is 0.408 e. The van der Waals surface area contributed by atoms with Crippen molar-refractivity contribution in [1.82, 2.24) is 30.2 Å². The third kappa shape index (κ3) is 8.22. The molecule has 8 atom stereocenters. The van der Waals surface area contributed by atoms with Crippen molar-refractivity contribution in [2.45, 2.75) is 133 Å². The first-order valence-electron chi connectivity index (χ1n) is 19.5. The normalized spacial score (nSPS) is 31.8. The van der Waals surface area contributed by atoms with Crippen LogP contribution in [0.15, 0.2) is 24.3 Å². The van der Waals surface area contributed by atoms with Crippen molar-refractivity contribution in [3.05, 3.63) is 30.0 Å². The lowest BCUT2D eigenvalue weighted by Gasteiger charge is -2.36. The molecule has 1 saturated heterocycles. The second-order valence-corrected chi connectivity index (χ2v) is 19.1. The number of carbonyl (C=O) groups is 4. The molecule has 4 amide bonds. The highest BCUT2D eigenvalue weighted by atomic mass is 32.2. The number of nitrogens with one attached hydrogen (secondary N) is 3. The van der Waals surface area contributed by atoms with E-state index in [4.69, 9.17) is 9.47 Å². The molecule has 1 unspecified atom stereocenters. The molecule has 19 heteroatoms. The molecule has 5 aliphatic rings. The molecule has 14 nitrogen and oxygen atoms in total. The number of nitrogens with zero attached hydrogens (tertiary/aromatic N) is 3. The number of alkyl carbamates (subject to hydrolysis) is 1. The molecule has 2 bridgehead atoms. The van der Waals surface area contributed by atoms with Crippen molar-refractivity contribution in [2.24, 2.45) is 23.2 Å². The lowest BCUT2D eigenvalue weighted by molar-refractivity contribution is -0.144. The van der Waals surface area contributed by atoms with Crippen molar-refractivity contribution in [3.8, 4) is 5.88 Å². The van der Waals surface area contributed by atoms with Gasteiger partial charge in [0.1, 0.15) is 29.8 Å². The number of carbonyl (C=O) groups excluding carboxylic acids is 4. The zero-order valence-electron chi connectivity index (χ0n) is 32.1. The maximum atomic E-state index is 16.2. The lowest BCUT2D eigenvalue weighted by atomic mass is 9.85. The molecule has 0 spiro atoms. The Morgan fingerprint density at radius 2 is 1.72 bits per heavy atom. The van der Waals surface area contributed by atoms with Crippen LogP contribution in [0.25, 0.3) is 11.0 Å². The van der Waals surface area contributed by atoms with Gasteiger partial charge in [-0.2, -0.15) is 8.78 Å². The Hall–Kier alpha value is -4.29. The van der Waals surface area contributed by atoms with Gasteiger partial charge in [0.25, 0.3) is 11.8 Å². The number of amides is 4. The van der Waals surface area contributed by atoms with Crippen LogP contribution in [0.3, 0.4) is 0 Å². The van der Waals surface area contributed by atoms with Gasteiger partial charge in [-0.05, 0) is 68.4 Å². The van der Waals surface area contributed by atoms with E-state index in [-0.39, 0.29) is 42.6 Å². The predicted molar refractivity (Wildman–Crippen MR) is 195 cm³/mol. The molecule has 3 N–H and O–H groups in total. The summed E-state index contributed by atoms with van der Waals surface area (Å²) in [6.45, 7) is 6.27. The van der Waals surface area contributed by atoms with Gasteiger partial charge >= 0.3 is 6.09 Å². The average molecular weight is 825 g/mol. The number of fused-ring (bicyclic) bond motifs is 5. The van der Waals surface area contributed by atoms with Crippen LogP contribution in [-0.4, -0.2) is 95.2 Å². The summed E-state index contributed by atoms with van der Waals surface area (Å²) in [5, 5.41) is 4.18. The Bertz CT molecular complexity index is 2050. The maximum absolute atomic E-state index is 16.2. The summed E-state index contributed by atoms with van der Waals surface area (Å²) in [6, 6.07) is 3.51. The Kier molecular flexibility index (Phi) is 10.6. The van der Waals surface area contributed by atoms with Gasteiger partial charge in [0.05, 0.1) is 28.7 Å². The molecule has 4 fully saturated rings. The van der Waals surface area contributed by atoms with Gasteiger partial charge in [-0.15, -0.1) is 0 Å². The Morgan fingerprint density at radius 1 is 1.04 bits per heavy atom. The molecular formula is C38H48F4N6O8S. The van der Waals surface area contributed by atoms with E-state index < -0.39 is 129 Å². The Morgan fingerprint density at radius 3 is 2.33 bits per heavy atom. The van der Waals surface area contributed by atoms with E-state index in [1.807, 2.05) is 4.72 Å². The largest absolute Gasteiger partial charge is 0.471 e. The van der Waals surface area contributed by atoms with Gasteiger partial charge in [0.2, 0.25) is 34.1 Å². The van der Waals surface area contributed by atoms with E-state index in [1.165, 1.54) is 6.07 Å². The van der Waals surface area contributed by atoms with E-state index in [1.54, 1.807) is 45.9 Å². The number of ether oxygens (including phenoxy) is 2. The number of halogens is 4. The van der Waals surface area contributed by atoms with Gasteiger partial charge in [-0.3, -0.25) is 19.1 Å². The molecule has 1 aromatic heterocycles. The van der Waals surface area contributed by atoms with Crippen LogP contribution in [0.4, 0.5) is 22.4 Å². The summed E-state index contributed by atoms with van der Waals surface area (Å²) in [7, 11) is -4.20. The predicted octanol–water partition coefficient (Wildman–Crippen LogP) is 4.56.